The van der Waals surface area contributed by atoms with Crippen LogP contribution in [0, 0.1) is 0 Å². The third kappa shape index (κ3) is 6.34. The zero-order valence-corrected chi connectivity index (χ0v) is 15.0. The van der Waals surface area contributed by atoms with Crippen LogP contribution >= 0.6 is 0 Å². The highest BCUT2D eigenvalue weighted by atomic mass is 32.2. The maximum Gasteiger partial charge on any atom is 0.408 e. The van der Waals surface area contributed by atoms with Gasteiger partial charge in [-0.3, -0.25) is 4.18 Å². The summed E-state index contributed by atoms with van der Waals surface area (Å²) in [5, 5.41) is 2.58. The van der Waals surface area contributed by atoms with E-state index in [-0.39, 0.29) is 12.8 Å². The number of carbonyl (C=O) groups excluding carboxylic acids is 2. The van der Waals surface area contributed by atoms with Crippen molar-refractivity contribution in [3.8, 4) is 0 Å². The highest BCUT2D eigenvalue weighted by molar-refractivity contribution is 7.86. The molecule has 0 atom stereocenters. The van der Waals surface area contributed by atoms with E-state index in [0.29, 0.717) is 12.8 Å². The van der Waals surface area contributed by atoms with Crippen molar-refractivity contribution < 1.29 is 31.7 Å². The van der Waals surface area contributed by atoms with Gasteiger partial charge >= 0.3 is 12.1 Å². The molecule has 0 radical (unpaired) electrons. The van der Waals surface area contributed by atoms with E-state index in [1.165, 1.54) is 7.11 Å². The van der Waals surface area contributed by atoms with Crippen LogP contribution < -0.4 is 5.32 Å². The van der Waals surface area contributed by atoms with Gasteiger partial charge in [0.1, 0.15) is 11.1 Å². The molecular weight excluding hydrogens is 326 g/mol. The topological polar surface area (TPSA) is 108 Å². The highest BCUT2D eigenvalue weighted by Crippen LogP contribution is 2.32. The maximum atomic E-state index is 12.1. The van der Waals surface area contributed by atoms with Gasteiger partial charge in [0.05, 0.1) is 19.5 Å². The van der Waals surface area contributed by atoms with Crippen molar-refractivity contribution in [3.63, 3.8) is 0 Å². The smallest absolute Gasteiger partial charge is 0.408 e. The number of hydrogen-bond donors (Lipinski definition) is 1. The molecule has 1 N–H and O–H groups in total. The molecule has 1 fully saturated rings. The minimum atomic E-state index is -3.56. The Morgan fingerprint density at radius 1 is 1.17 bits per heavy atom. The fourth-order valence-electron chi connectivity index (χ4n) is 2.50. The Morgan fingerprint density at radius 2 is 1.70 bits per heavy atom. The van der Waals surface area contributed by atoms with Gasteiger partial charge in [0.2, 0.25) is 0 Å². The lowest BCUT2D eigenvalue weighted by Crippen LogP contribution is -2.58. The number of esters is 1. The average Bonchev–Trinajstić information content (AvgIpc) is 2.36. The summed E-state index contributed by atoms with van der Waals surface area (Å²) >= 11 is 0. The SMILES string of the molecule is COC(=O)[C@]1(NC(=O)OC(C)(C)C)CC[C@H](OS(C)(=O)=O)CC1. The van der Waals surface area contributed by atoms with E-state index in [1.807, 2.05) is 0 Å². The molecule has 0 aliphatic heterocycles. The fourth-order valence-corrected chi connectivity index (χ4v) is 3.19. The number of hydrogen-bond acceptors (Lipinski definition) is 7. The molecule has 1 aliphatic rings. The van der Waals surface area contributed by atoms with Crippen molar-refractivity contribution in [2.24, 2.45) is 0 Å². The minimum absolute atomic E-state index is 0.207. The maximum absolute atomic E-state index is 12.1. The number of carbonyl (C=O) groups is 2. The second-order valence-electron chi connectivity index (χ2n) is 6.70. The highest BCUT2D eigenvalue weighted by Gasteiger charge is 2.45. The van der Waals surface area contributed by atoms with E-state index < -0.39 is 39.4 Å². The Bertz CT molecular complexity index is 542. The molecule has 9 heteroatoms. The number of amides is 1. The Labute approximate surface area is 137 Å². The monoisotopic (exact) mass is 351 g/mol. The second kappa shape index (κ2) is 7.04. The van der Waals surface area contributed by atoms with Gasteiger partial charge in [0, 0.05) is 0 Å². The Balaban J connectivity index is 2.79. The normalized spacial score (nSPS) is 25.5. The molecule has 0 unspecified atom stereocenters. The molecule has 134 valence electrons. The van der Waals surface area contributed by atoms with Crippen molar-refractivity contribution in [3.05, 3.63) is 0 Å². The Morgan fingerprint density at radius 3 is 2.09 bits per heavy atom. The van der Waals surface area contributed by atoms with Gasteiger partial charge in [0.15, 0.2) is 0 Å². The summed E-state index contributed by atoms with van der Waals surface area (Å²) in [6.45, 7) is 5.15. The molecule has 1 amide bonds. The van der Waals surface area contributed by atoms with Crippen LogP contribution in [0.2, 0.25) is 0 Å². The van der Waals surface area contributed by atoms with Crippen molar-refractivity contribution in [1.29, 1.82) is 0 Å². The first-order valence-corrected chi connectivity index (χ1v) is 9.16. The molecule has 23 heavy (non-hydrogen) atoms. The van der Waals surface area contributed by atoms with Crippen LogP contribution in [-0.4, -0.2) is 51.1 Å². The molecule has 0 aromatic rings. The first-order chi connectivity index (χ1) is 10.4. The van der Waals surface area contributed by atoms with Gasteiger partial charge in [-0.05, 0) is 46.5 Å². The summed E-state index contributed by atoms with van der Waals surface area (Å²) in [4.78, 5) is 24.1. The first kappa shape index (κ1) is 19.7. The Kier molecular flexibility index (Phi) is 6.03. The van der Waals surface area contributed by atoms with E-state index in [9.17, 15) is 18.0 Å². The van der Waals surface area contributed by atoms with Gasteiger partial charge in [0.25, 0.3) is 10.1 Å². The lowest BCUT2D eigenvalue weighted by Gasteiger charge is -2.38. The van der Waals surface area contributed by atoms with Gasteiger partial charge in [-0.2, -0.15) is 8.42 Å². The summed E-state index contributed by atoms with van der Waals surface area (Å²) < 4.78 is 37.3. The minimum Gasteiger partial charge on any atom is -0.467 e. The van der Waals surface area contributed by atoms with E-state index in [2.05, 4.69) is 5.32 Å². The number of alkyl carbamates (subject to hydrolysis) is 1. The van der Waals surface area contributed by atoms with Gasteiger partial charge in [-0.1, -0.05) is 0 Å². The van der Waals surface area contributed by atoms with Crippen LogP contribution in [-0.2, 0) is 28.6 Å². The van der Waals surface area contributed by atoms with E-state index in [4.69, 9.17) is 13.7 Å². The number of rotatable bonds is 4. The van der Waals surface area contributed by atoms with Crippen LogP contribution in [0.15, 0.2) is 0 Å². The molecule has 0 bridgehead atoms. The average molecular weight is 351 g/mol. The van der Waals surface area contributed by atoms with E-state index >= 15 is 0 Å². The molecule has 0 saturated heterocycles. The summed E-state index contributed by atoms with van der Waals surface area (Å²) in [5.74, 6) is -0.582. The zero-order valence-electron chi connectivity index (χ0n) is 14.2. The lowest BCUT2D eigenvalue weighted by molar-refractivity contribution is -0.150. The number of nitrogens with one attached hydrogen (secondary N) is 1. The molecule has 1 rings (SSSR count). The number of methoxy groups -OCH3 is 1. The van der Waals surface area contributed by atoms with Crippen LogP contribution in [0.3, 0.4) is 0 Å². The first-order valence-electron chi connectivity index (χ1n) is 7.35. The second-order valence-corrected chi connectivity index (χ2v) is 8.30. The van der Waals surface area contributed by atoms with Crippen LogP contribution in [0.1, 0.15) is 46.5 Å². The predicted molar refractivity (Wildman–Crippen MR) is 82.3 cm³/mol. The van der Waals surface area contributed by atoms with Crippen molar-refractivity contribution in [1.82, 2.24) is 5.32 Å². The largest absolute Gasteiger partial charge is 0.467 e. The number of ether oxygens (including phenoxy) is 2. The van der Waals surface area contributed by atoms with Crippen LogP contribution in [0.25, 0.3) is 0 Å². The summed E-state index contributed by atoms with van der Waals surface area (Å²) in [5.41, 5.74) is -1.92. The molecule has 1 saturated carbocycles. The van der Waals surface area contributed by atoms with Gasteiger partial charge in [-0.15, -0.1) is 0 Å². The summed E-state index contributed by atoms with van der Waals surface area (Å²) in [6.07, 6.45) is 0.774. The third-order valence-electron chi connectivity index (χ3n) is 3.41. The molecule has 0 heterocycles. The van der Waals surface area contributed by atoms with Gasteiger partial charge < -0.3 is 14.8 Å². The van der Waals surface area contributed by atoms with E-state index in [0.717, 1.165) is 6.26 Å². The Hall–Kier alpha value is -1.35. The molecule has 0 aromatic carbocycles. The molecule has 8 nitrogen and oxygen atoms in total. The van der Waals surface area contributed by atoms with Crippen molar-refractivity contribution in [2.45, 2.75) is 63.7 Å². The van der Waals surface area contributed by atoms with Crippen LogP contribution in [0.5, 0.6) is 0 Å². The third-order valence-corrected chi connectivity index (χ3v) is 4.04. The standard InChI is InChI=1S/C14H25NO7S/c1-13(2,3)21-12(17)15-14(11(16)20-4)8-6-10(7-9-14)22-23(5,18)19/h10H,6-9H2,1-5H3,(H,15,17)/t10-,14-. The summed E-state index contributed by atoms with van der Waals surface area (Å²) in [7, 11) is -2.33. The van der Waals surface area contributed by atoms with E-state index in [1.54, 1.807) is 20.8 Å². The molecule has 1 aliphatic carbocycles. The van der Waals surface area contributed by atoms with Crippen molar-refractivity contribution >= 4 is 22.2 Å². The summed E-state index contributed by atoms with van der Waals surface area (Å²) in [6, 6.07) is 0. The predicted octanol–water partition coefficient (Wildman–Crippen LogP) is 1.34. The fraction of sp³-hybridized carbons (Fsp3) is 0.857. The molecule has 0 spiro atoms. The van der Waals surface area contributed by atoms with Crippen molar-refractivity contribution in [2.75, 3.05) is 13.4 Å². The zero-order chi connectivity index (χ0) is 17.9. The molecule has 0 aromatic heterocycles. The quantitative estimate of drug-likeness (QED) is 0.601. The lowest BCUT2D eigenvalue weighted by atomic mass is 9.80. The van der Waals surface area contributed by atoms with Crippen LogP contribution in [0.4, 0.5) is 4.79 Å². The van der Waals surface area contributed by atoms with Gasteiger partial charge in [-0.25, -0.2) is 9.59 Å². The molecular formula is C14H25NO7S.